The second kappa shape index (κ2) is 6.32. The number of amides is 1. The summed E-state index contributed by atoms with van der Waals surface area (Å²) in [5, 5.41) is 3.92. The van der Waals surface area contributed by atoms with E-state index in [1.807, 2.05) is 36.4 Å². The van der Waals surface area contributed by atoms with Crippen molar-refractivity contribution < 1.29 is 9.53 Å². The van der Waals surface area contributed by atoms with Gasteiger partial charge in [-0.3, -0.25) is 9.78 Å². The van der Waals surface area contributed by atoms with E-state index in [2.05, 4.69) is 16.9 Å². The smallest absolute Gasteiger partial charge is 0.256 e. The number of carbonyl (C=O) groups excluding carboxylic acids is 1. The Morgan fingerprint density at radius 2 is 2.09 bits per heavy atom. The molecule has 0 radical (unpaired) electrons. The molecule has 3 aromatic rings. The van der Waals surface area contributed by atoms with E-state index in [-0.39, 0.29) is 5.91 Å². The summed E-state index contributed by atoms with van der Waals surface area (Å²) in [6.45, 7) is 3.75. The number of rotatable bonds is 4. The van der Waals surface area contributed by atoms with Gasteiger partial charge in [0.25, 0.3) is 5.91 Å². The van der Waals surface area contributed by atoms with Crippen LogP contribution in [0.15, 0.2) is 61.3 Å². The zero-order chi connectivity index (χ0) is 16.2. The van der Waals surface area contributed by atoms with Crippen molar-refractivity contribution in [1.29, 1.82) is 0 Å². The number of nitrogens with zero attached hydrogens (tertiary/aromatic N) is 1. The molecule has 0 saturated heterocycles. The lowest BCUT2D eigenvalue weighted by Gasteiger charge is -2.10. The van der Waals surface area contributed by atoms with Gasteiger partial charge in [0, 0.05) is 17.3 Å². The number of nitrogens with one attached hydrogen (secondary N) is 1. The Hall–Kier alpha value is -3.14. The Morgan fingerprint density at radius 1 is 1.22 bits per heavy atom. The van der Waals surface area contributed by atoms with Crippen LogP contribution in [0.5, 0.6) is 5.75 Å². The summed E-state index contributed by atoms with van der Waals surface area (Å²) in [5.74, 6) is 0.412. The Kier molecular flexibility index (Phi) is 4.06. The van der Waals surface area contributed by atoms with E-state index in [1.54, 1.807) is 31.5 Å². The molecule has 0 aliphatic carbocycles. The number of hydrogen-bond donors (Lipinski definition) is 1. The zero-order valence-electron chi connectivity index (χ0n) is 12.7. The van der Waals surface area contributed by atoms with Crippen molar-refractivity contribution in [3.63, 3.8) is 0 Å². The average Bonchev–Trinajstić information content (AvgIpc) is 2.61. The van der Waals surface area contributed by atoms with Crippen molar-refractivity contribution in [2.45, 2.75) is 0 Å². The molecule has 0 atom stereocenters. The number of pyridine rings is 1. The molecule has 0 aliphatic rings. The fraction of sp³-hybridized carbons (Fsp3) is 0.0526. The molecule has 0 saturated carbocycles. The van der Waals surface area contributed by atoms with Gasteiger partial charge in [0.2, 0.25) is 0 Å². The molecule has 0 spiro atoms. The number of carbonyl (C=O) groups is 1. The highest BCUT2D eigenvalue weighted by Gasteiger charge is 2.12. The van der Waals surface area contributed by atoms with E-state index in [1.165, 1.54) is 0 Å². The Bertz CT molecular complexity index is 887. The molecule has 0 fully saturated rings. The van der Waals surface area contributed by atoms with Crippen LogP contribution in [0, 0.1) is 0 Å². The number of aromatic nitrogens is 1. The van der Waals surface area contributed by atoms with E-state index in [9.17, 15) is 4.79 Å². The molecule has 0 unspecified atom stereocenters. The molecule has 4 nitrogen and oxygen atoms in total. The van der Waals surface area contributed by atoms with Gasteiger partial charge in [0.1, 0.15) is 5.75 Å². The maximum Gasteiger partial charge on any atom is 0.256 e. The minimum Gasteiger partial charge on any atom is -0.497 e. The van der Waals surface area contributed by atoms with Crippen molar-refractivity contribution in [1.82, 2.24) is 4.98 Å². The lowest BCUT2D eigenvalue weighted by atomic mass is 10.1. The SMILES string of the molecule is C=Cc1ccc(OC)cc1C(=O)Nc1ccc2cccnc2c1. The van der Waals surface area contributed by atoms with Gasteiger partial charge in [-0.2, -0.15) is 0 Å². The van der Waals surface area contributed by atoms with Gasteiger partial charge in [-0.05, 0) is 35.9 Å². The first kappa shape index (κ1) is 14.8. The van der Waals surface area contributed by atoms with Crippen LogP contribution in [-0.2, 0) is 0 Å². The van der Waals surface area contributed by atoms with Gasteiger partial charge in [-0.25, -0.2) is 0 Å². The van der Waals surface area contributed by atoms with E-state index >= 15 is 0 Å². The largest absolute Gasteiger partial charge is 0.497 e. The molecule has 23 heavy (non-hydrogen) atoms. The van der Waals surface area contributed by atoms with Gasteiger partial charge in [-0.1, -0.05) is 30.9 Å². The Balaban J connectivity index is 1.92. The van der Waals surface area contributed by atoms with Crippen LogP contribution in [0.1, 0.15) is 15.9 Å². The first-order valence-corrected chi connectivity index (χ1v) is 7.18. The maximum absolute atomic E-state index is 12.6. The Morgan fingerprint density at radius 3 is 2.87 bits per heavy atom. The second-order valence-corrected chi connectivity index (χ2v) is 5.02. The quantitative estimate of drug-likeness (QED) is 0.788. The molecule has 1 heterocycles. The predicted octanol–water partition coefficient (Wildman–Crippen LogP) is 4.14. The molecule has 1 aromatic heterocycles. The highest BCUT2D eigenvalue weighted by Crippen LogP contribution is 2.21. The summed E-state index contributed by atoms with van der Waals surface area (Å²) in [6, 6.07) is 14.8. The fourth-order valence-corrected chi connectivity index (χ4v) is 2.38. The summed E-state index contributed by atoms with van der Waals surface area (Å²) in [4.78, 5) is 16.9. The van der Waals surface area contributed by atoms with E-state index < -0.39 is 0 Å². The number of ether oxygens (including phenoxy) is 1. The minimum absolute atomic E-state index is 0.214. The molecule has 0 bridgehead atoms. The first-order valence-electron chi connectivity index (χ1n) is 7.18. The van der Waals surface area contributed by atoms with Gasteiger partial charge in [0.05, 0.1) is 18.2 Å². The van der Waals surface area contributed by atoms with Crippen LogP contribution in [0.2, 0.25) is 0 Å². The fourth-order valence-electron chi connectivity index (χ4n) is 2.38. The molecular formula is C19H16N2O2. The van der Waals surface area contributed by atoms with Gasteiger partial charge < -0.3 is 10.1 Å². The van der Waals surface area contributed by atoms with E-state index in [0.29, 0.717) is 17.0 Å². The van der Waals surface area contributed by atoms with Crippen molar-refractivity contribution in [2.24, 2.45) is 0 Å². The summed E-state index contributed by atoms with van der Waals surface area (Å²) < 4.78 is 5.19. The lowest BCUT2D eigenvalue weighted by Crippen LogP contribution is -2.13. The topological polar surface area (TPSA) is 51.2 Å². The number of fused-ring (bicyclic) bond motifs is 1. The van der Waals surface area contributed by atoms with Crippen molar-refractivity contribution >= 4 is 28.6 Å². The molecule has 1 N–H and O–H groups in total. The monoisotopic (exact) mass is 304 g/mol. The molecule has 0 aliphatic heterocycles. The molecular weight excluding hydrogens is 288 g/mol. The van der Waals surface area contributed by atoms with Crippen LogP contribution in [0.3, 0.4) is 0 Å². The number of anilines is 1. The van der Waals surface area contributed by atoms with E-state index in [0.717, 1.165) is 16.5 Å². The van der Waals surface area contributed by atoms with Crippen LogP contribution in [-0.4, -0.2) is 18.0 Å². The molecule has 4 heteroatoms. The van der Waals surface area contributed by atoms with E-state index in [4.69, 9.17) is 4.74 Å². The third kappa shape index (κ3) is 3.06. The first-order chi connectivity index (χ1) is 11.2. The standard InChI is InChI=1S/C19H16N2O2/c1-3-13-7-9-16(23-2)12-17(13)19(22)21-15-8-6-14-5-4-10-20-18(14)11-15/h3-12H,1H2,2H3,(H,21,22). The van der Waals surface area contributed by atoms with Crippen molar-refractivity contribution in [2.75, 3.05) is 12.4 Å². The highest BCUT2D eigenvalue weighted by atomic mass is 16.5. The van der Waals surface area contributed by atoms with Gasteiger partial charge >= 0.3 is 0 Å². The van der Waals surface area contributed by atoms with Crippen LogP contribution >= 0.6 is 0 Å². The summed E-state index contributed by atoms with van der Waals surface area (Å²) in [5.41, 5.74) is 2.79. The number of hydrogen-bond acceptors (Lipinski definition) is 3. The average molecular weight is 304 g/mol. The maximum atomic E-state index is 12.6. The van der Waals surface area contributed by atoms with Crippen molar-refractivity contribution in [3.05, 3.63) is 72.4 Å². The molecule has 1 amide bonds. The number of benzene rings is 2. The minimum atomic E-state index is -0.214. The molecule has 2 aromatic carbocycles. The van der Waals surface area contributed by atoms with Crippen LogP contribution in [0.25, 0.3) is 17.0 Å². The summed E-state index contributed by atoms with van der Waals surface area (Å²) in [7, 11) is 1.57. The van der Waals surface area contributed by atoms with Gasteiger partial charge in [0.15, 0.2) is 0 Å². The van der Waals surface area contributed by atoms with Crippen LogP contribution < -0.4 is 10.1 Å². The summed E-state index contributed by atoms with van der Waals surface area (Å²) in [6.07, 6.45) is 3.38. The molecule has 114 valence electrons. The predicted molar refractivity (Wildman–Crippen MR) is 92.8 cm³/mol. The number of methoxy groups -OCH3 is 1. The van der Waals surface area contributed by atoms with Crippen LogP contribution in [0.4, 0.5) is 5.69 Å². The Labute approximate surface area is 134 Å². The normalized spacial score (nSPS) is 10.3. The zero-order valence-corrected chi connectivity index (χ0v) is 12.7. The summed E-state index contributed by atoms with van der Waals surface area (Å²) >= 11 is 0. The van der Waals surface area contributed by atoms with Crippen molar-refractivity contribution in [3.8, 4) is 5.75 Å². The lowest BCUT2D eigenvalue weighted by molar-refractivity contribution is 0.102. The second-order valence-electron chi connectivity index (χ2n) is 5.02. The molecule has 3 rings (SSSR count). The third-order valence-electron chi connectivity index (χ3n) is 3.59. The van der Waals surface area contributed by atoms with Gasteiger partial charge in [-0.15, -0.1) is 0 Å². The third-order valence-corrected chi connectivity index (χ3v) is 3.59. The highest BCUT2D eigenvalue weighted by molar-refractivity contribution is 6.07.